The van der Waals surface area contributed by atoms with E-state index in [9.17, 15) is 14.7 Å². The molecule has 1 aromatic rings. The molecule has 2 N–H and O–H groups in total. The first-order valence-electron chi connectivity index (χ1n) is 4.78. The number of aromatic hydroxyl groups is 1. The van der Waals surface area contributed by atoms with E-state index in [0.29, 0.717) is 5.69 Å². The first-order valence-corrected chi connectivity index (χ1v) is 4.78. The molecule has 0 aliphatic heterocycles. The highest BCUT2D eigenvalue weighted by atomic mass is 16.4. The monoisotopic (exact) mass is 223 g/mol. The Hall–Kier alpha value is -2.04. The smallest absolute Gasteiger partial charge is 0.303 e. The largest absolute Gasteiger partial charge is 0.508 e. The Kier molecular flexibility index (Phi) is 3.88. The molecule has 1 aromatic carbocycles. The number of carbonyl (C=O) groups excluding carboxylic acids is 1. The van der Waals surface area contributed by atoms with E-state index in [0.717, 1.165) is 0 Å². The van der Waals surface area contributed by atoms with Gasteiger partial charge in [0, 0.05) is 25.2 Å². The Balaban J connectivity index is 2.66. The highest BCUT2D eigenvalue weighted by molar-refractivity contribution is 5.94. The van der Waals surface area contributed by atoms with Crippen LogP contribution in [0, 0.1) is 0 Å². The molecule has 5 nitrogen and oxygen atoms in total. The van der Waals surface area contributed by atoms with Crippen molar-refractivity contribution < 1.29 is 19.8 Å². The summed E-state index contributed by atoms with van der Waals surface area (Å²) in [5, 5.41) is 17.7. The first-order chi connectivity index (χ1) is 7.50. The molecule has 5 heteroatoms. The number of carboxylic acids is 1. The maximum Gasteiger partial charge on any atom is 0.303 e. The van der Waals surface area contributed by atoms with Gasteiger partial charge < -0.3 is 15.1 Å². The average molecular weight is 223 g/mol. The summed E-state index contributed by atoms with van der Waals surface area (Å²) >= 11 is 0. The fourth-order valence-corrected chi connectivity index (χ4v) is 1.23. The number of aliphatic carboxylic acids is 1. The number of hydrogen-bond acceptors (Lipinski definition) is 3. The molecule has 16 heavy (non-hydrogen) atoms. The molecule has 1 amide bonds. The number of hydrogen-bond donors (Lipinski definition) is 2. The van der Waals surface area contributed by atoms with Crippen LogP contribution in [0.5, 0.6) is 5.75 Å². The summed E-state index contributed by atoms with van der Waals surface area (Å²) in [6.07, 6.45) is -0.247. The number of carboxylic acid groups (broad SMARTS) is 1. The number of anilines is 1. The number of phenols is 1. The van der Waals surface area contributed by atoms with Crippen molar-refractivity contribution in [3.8, 4) is 5.75 Å². The first kappa shape index (κ1) is 12.0. The lowest BCUT2D eigenvalue weighted by atomic mass is 10.2. The molecule has 86 valence electrons. The van der Waals surface area contributed by atoms with Gasteiger partial charge in [0.25, 0.3) is 0 Å². The summed E-state index contributed by atoms with van der Waals surface area (Å²) in [6.45, 7) is 0. The van der Waals surface area contributed by atoms with Gasteiger partial charge in [0.1, 0.15) is 5.75 Å². The van der Waals surface area contributed by atoms with E-state index in [2.05, 4.69) is 0 Å². The maximum absolute atomic E-state index is 11.5. The van der Waals surface area contributed by atoms with Gasteiger partial charge in [-0.05, 0) is 12.1 Å². The van der Waals surface area contributed by atoms with E-state index < -0.39 is 5.97 Å². The van der Waals surface area contributed by atoms with E-state index in [4.69, 9.17) is 5.11 Å². The summed E-state index contributed by atoms with van der Waals surface area (Å²) in [5.74, 6) is -1.24. The molecule has 0 aliphatic rings. The van der Waals surface area contributed by atoms with Crippen LogP contribution in [0.4, 0.5) is 5.69 Å². The molecule has 0 aliphatic carbocycles. The standard InChI is InChI=1S/C11H13NO4/c1-12(10(14)5-6-11(15)16)8-3-2-4-9(13)7-8/h2-4,7,13H,5-6H2,1H3,(H,15,16). The van der Waals surface area contributed by atoms with Gasteiger partial charge >= 0.3 is 5.97 Å². The van der Waals surface area contributed by atoms with Gasteiger partial charge in [-0.3, -0.25) is 9.59 Å². The van der Waals surface area contributed by atoms with Crippen molar-refractivity contribution in [3.05, 3.63) is 24.3 Å². The van der Waals surface area contributed by atoms with E-state index in [1.54, 1.807) is 19.2 Å². The second-order valence-electron chi connectivity index (χ2n) is 3.37. The van der Waals surface area contributed by atoms with Crippen molar-refractivity contribution >= 4 is 17.6 Å². The molecular formula is C11H13NO4. The second-order valence-corrected chi connectivity index (χ2v) is 3.37. The number of carbonyl (C=O) groups is 2. The SMILES string of the molecule is CN(C(=O)CCC(=O)O)c1cccc(O)c1. The van der Waals surface area contributed by atoms with Crippen LogP contribution in [-0.2, 0) is 9.59 Å². The third-order valence-electron chi connectivity index (χ3n) is 2.14. The molecule has 0 atom stereocenters. The Morgan fingerprint density at radius 2 is 2.00 bits per heavy atom. The fourth-order valence-electron chi connectivity index (χ4n) is 1.23. The lowest BCUT2D eigenvalue weighted by molar-refractivity contribution is -0.138. The number of benzene rings is 1. The van der Waals surface area contributed by atoms with Crippen LogP contribution < -0.4 is 4.90 Å². The van der Waals surface area contributed by atoms with Gasteiger partial charge in [0.05, 0.1) is 6.42 Å². The minimum atomic E-state index is -1.00. The van der Waals surface area contributed by atoms with Gasteiger partial charge in [-0.1, -0.05) is 6.07 Å². The Morgan fingerprint density at radius 3 is 2.56 bits per heavy atom. The van der Waals surface area contributed by atoms with E-state index in [-0.39, 0.29) is 24.5 Å². The Labute approximate surface area is 92.9 Å². The van der Waals surface area contributed by atoms with Gasteiger partial charge in [-0.2, -0.15) is 0 Å². The lowest BCUT2D eigenvalue weighted by Crippen LogP contribution is -2.26. The number of nitrogens with zero attached hydrogens (tertiary/aromatic N) is 1. The van der Waals surface area contributed by atoms with Crippen molar-refractivity contribution in [3.63, 3.8) is 0 Å². The summed E-state index contributed by atoms with van der Waals surface area (Å²) in [7, 11) is 1.54. The molecule has 0 aromatic heterocycles. The van der Waals surface area contributed by atoms with Crippen LogP contribution in [-0.4, -0.2) is 29.1 Å². The number of amides is 1. The van der Waals surface area contributed by atoms with Crippen LogP contribution in [0.3, 0.4) is 0 Å². The Bertz CT molecular complexity index is 403. The van der Waals surface area contributed by atoms with Gasteiger partial charge in [0.2, 0.25) is 5.91 Å². The third-order valence-corrected chi connectivity index (χ3v) is 2.14. The molecule has 1 rings (SSSR count). The van der Waals surface area contributed by atoms with Gasteiger partial charge in [0.15, 0.2) is 0 Å². The quantitative estimate of drug-likeness (QED) is 0.804. The normalized spacial score (nSPS) is 9.81. The molecule has 0 bridgehead atoms. The third kappa shape index (κ3) is 3.27. The predicted octanol–water partition coefficient (Wildman–Crippen LogP) is 1.22. The zero-order chi connectivity index (χ0) is 12.1. The molecule has 0 spiro atoms. The molecule has 0 unspecified atom stereocenters. The molecular weight excluding hydrogens is 210 g/mol. The maximum atomic E-state index is 11.5. The summed E-state index contributed by atoms with van der Waals surface area (Å²) in [6, 6.07) is 6.22. The zero-order valence-electron chi connectivity index (χ0n) is 8.88. The molecule has 0 heterocycles. The van der Waals surface area contributed by atoms with Crippen molar-refractivity contribution in [2.45, 2.75) is 12.8 Å². The van der Waals surface area contributed by atoms with Crippen LogP contribution in [0.25, 0.3) is 0 Å². The molecule has 0 saturated carbocycles. The van der Waals surface area contributed by atoms with Crippen molar-refractivity contribution in [2.75, 3.05) is 11.9 Å². The minimum Gasteiger partial charge on any atom is -0.508 e. The van der Waals surface area contributed by atoms with Gasteiger partial charge in [-0.15, -0.1) is 0 Å². The topological polar surface area (TPSA) is 77.8 Å². The van der Waals surface area contributed by atoms with Crippen molar-refractivity contribution in [2.24, 2.45) is 0 Å². The summed E-state index contributed by atoms with van der Waals surface area (Å²) in [5.41, 5.74) is 0.537. The van der Waals surface area contributed by atoms with Crippen molar-refractivity contribution in [1.29, 1.82) is 0 Å². The molecule has 0 fully saturated rings. The van der Waals surface area contributed by atoms with Crippen molar-refractivity contribution in [1.82, 2.24) is 0 Å². The van der Waals surface area contributed by atoms with E-state index >= 15 is 0 Å². The zero-order valence-corrected chi connectivity index (χ0v) is 8.88. The minimum absolute atomic E-state index is 0.0541. The average Bonchev–Trinajstić information content (AvgIpc) is 2.24. The van der Waals surface area contributed by atoms with Gasteiger partial charge in [-0.25, -0.2) is 0 Å². The van der Waals surface area contributed by atoms with Crippen LogP contribution in [0.2, 0.25) is 0 Å². The number of rotatable bonds is 4. The Morgan fingerprint density at radius 1 is 1.31 bits per heavy atom. The summed E-state index contributed by atoms with van der Waals surface area (Å²) in [4.78, 5) is 23.2. The summed E-state index contributed by atoms with van der Waals surface area (Å²) < 4.78 is 0. The van der Waals surface area contributed by atoms with Crippen LogP contribution in [0.15, 0.2) is 24.3 Å². The highest BCUT2D eigenvalue weighted by Crippen LogP contribution is 2.19. The van der Waals surface area contributed by atoms with Crippen LogP contribution in [0.1, 0.15) is 12.8 Å². The molecule has 0 radical (unpaired) electrons. The number of phenolic OH excluding ortho intramolecular Hbond substituents is 1. The lowest BCUT2D eigenvalue weighted by Gasteiger charge is -2.16. The van der Waals surface area contributed by atoms with Crippen LogP contribution >= 0.6 is 0 Å². The predicted molar refractivity (Wildman–Crippen MR) is 58.4 cm³/mol. The fraction of sp³-hybridized carbons (Fsp3) is 0.273. The van der Waals surface area contributed by atoms with E-state index in [1.807, 2.05) is 0 Å². The van der Waals surface area contributed by atoms with E-state index in [1.165, 1.54) is 17.0 Å². The second kappa shape index (κ2) is 5.16. The molecule has 0 saturated heterocycles. The highest BCUT2D eigenvalue weighted by Gasteiger charge is 2.12.